The molecule has 4 nitrogen and oxygen atoms in total. The van der Waals surface area contributed by atoms with Crippen LogP contribution in [0.1, 0.15) is 43.2 Å². The van der Waals surface area contributed by atoms with Crippen LogP contribution in [0.5, 0.6) is 5.75 Å². The lowest BCUT2D eigenvalue weighted by Gasteiger charge is -2.36. The first-order valence-corrected chi connectivity index (χ1v) is 9.69. The fourth-order valence-electron chi connectivity index (χ4n) is 3.71. The summed E-state index contributed by atoms with van der Waals surface area (Å²) < 4.78 is 6.01. The Balaban J connectivity index is 1.47. The third-order valence-corrected chi connectivity index (χ3v) is 5.67. The van der Waals surface area contributed by atoms with Crippen LogP contribution in [0.15, 0.2) is 36.9 Å². The van der Waals surface area contributed by atoms with E-state index in [1.54, 1.807) is 6.08 Å². The largest absolute Gasteiger partial charge is 0.493 e. The minimum atomic E-state index is 0.312. The van der Waals surface area contributed by atoms with Crippen LogP contribution in [0.4, 0.5) is 0 Å². The van der Waals surface area contributed by atoms with Crippen LogP contribution in [0.3, 0.4) is 0 Å². The summed E-state index contributed by atoms with van der Waals surface area (Å²) in [6.45, 7) is 8.19. The minimum Gasteiger partial charge on any atom is -0.493 e. The Morgan fingerprint density at radius 2 is 2.04 bits per heavy atom. The molecular formula is C22H30N2O2. The van der Waals surface area contributed by atoms with Crippen molar-refractivity contribution in [2.45, 2.75) is 39.0 Å². The van der Waals surface area contributed by atoms with Gasteiger partial charge in [0.2, 0.25) is 5.91 Å². The summed E-state index contributed by atoms with van der Waals surface area (Å²) in [6.07, 6.45) is 8.96. The summed E-state index contributed by atoms with van der Waals surface area (Å²) in [4.78, 5) is 14.4. The molecule has 26 heavy (non-hydrogen) atoms. The van der Waals surface area contributed by atoms with E-state index in [1.165, 1.54) is 6.42 Å². The average molecular weight is 354 g/mol. The highest BCUT2D eigenvalue weighted by Crippen LogP contribution is 2.30. The molecule has 0 radical (unpaired) electrons. The first-order valence-electron chi connectivity index (χ1n) is 9.69. The van der Waals surface area contributed by atoms with Gasteiger partial charge in [0.25, 0.3) is 0 Å². The maximum atomic E-state index is 12.3. The summed E-state index contributed by atoms with van der Waals surface area (Å²) in [7, 11) is 0. The SMILES string of the molecule is C=C/C=C(\N)c1ccc(OCC2CCN(C(=O)C3CCC3)CC2)cc1C. The van der Waals surface area contributed by atoms with Gasteiger partial charge >= 0.3 is 0 Å². The van der Waals surface area contributed by atoms with Crippen LogP contribution in [-0.2, 0) is 4.79 Å². The minimum absolute atomic E-state index is 0.312. The molecule has 1 heterocycles. The zero-order valence-corrected chi connectivity index (χ0v) is 15.7. The summed E-state index contributed by atoms with van der Waals surface area (Å²) in [6, 6.07) is 6.01. The van der Waals surface area contributed by atoms with Crippen LogP contribution in [0.25, 0.3) is 5.70 Å². The van der Waals surface area contributed by atoms with E-state index < -0.39 is 0 Å². The van der Waals surface area contributed by atoms with Crippen LogP contribution >= 0.6 is 0 Å². The normalized spacial score (nSPS) is 19.1. The van der Waals surface area contributed by atoms with Gasteiger partial charge < -0.3 is 15.4 Å². The third kappa shape index (κ3) is 4.29. The Labute approximate surface area is 156 Å². The van der Waals surface area contributed by atoms with Crippen LogP contribution < -0.4 is 10.5 Å². The zero-order valence-electron chi connectivity index (χ0n) is 15.7. The van der Waals surface area contributed by atoms with Gasteiger partial charge in [0.15, 0.2) is 0 Å². The molecule has 1 saturated carbocycles. The lowest BCUT2D eigenvalue weighted by molar-refractivity contribution is -0.139. The van der Waals surface area contributed by atoms with Crippen LogP contribution in [0, 0.1) is 18.8 Å². The molecular weight excluding hydrogens is 324 g/mol. The van der Waals surface area contributed by atoms with Gasteiger partial charge in [0.05, 0.1) is 6.61 Å². The number of piperidine rings is 1. The summed E-state index contributed by atoms with van der Waals surface area (Å²) in [5.41, 5.74) is 8.86. The fraction of sp³-hybridized carbons (Fsp3) is 0.500. The number of amides is 1. The predicted molar refractivity (Wildman–Crippen MR) is 106 cm³/mol. The fourth-order valence-corrected chi connectivity index (χ4v) is 3.71. The smallest absolute Gasteiger partial charge is 0.225 e. The molecule has 3 rings (SSSR count). The Bertz CT molecular complexity index is 683. The van der Waals surface area contributed by atoms with Gasteiger partial charge in [-0.1, -0.05) is 19.1 Å². The molecule has 0 aromatic heterocycles. The number of carbonyl (C=O) groups excluding carboxylic acids is 1. The Hall–Kier alpha value is -2.23. The molecule has 140 valence electrons. The van der Waals surface area contributed by atoms with Gasteiger partial charge in [0, 0.05) is 30.3 Å². The van der Waals surface area contributed by atoms with Crippen LogP contribution in [0.2, 0.25) is 0 Å². The number of ether oxygens (including phenoxy) is 1. The van der Waals surface area contributed by atoms with Crippen molar-refractivity contribution in [3.63, 3.8) is 0 Å². The molecule has 1 aliphatic heterocycles. The maximum absolute atomic E-state index is 12.3. The molecule has 1 aromatic carbocycles. The highest BCUT2D eigenvalue weighted by molar-refractivity contribution is 5.79. The second-order valence-corrected chi connectivity index (χ2v) is 7.54. The number of hydrogen-bond donors (Lipinski definition) is 1. The number of aryl methyl sites for hydroxylation is 1. The highest BCUT2D eigenvalue weighted by Gasteiger charge is 2.31. The number of nitrogens with zero attached hydrogens (tertiary/aromatic N) is 1. The molecule has 0 spiro atoms. The van der Waals surface area contributed by atoms with Gasteiger partial charge in [-0.15, -0.1) is 0 Å². The first kappa shape index (κ1) is 18.6. The topological polar surface area (TPSA) is 55.6 Å². The van der Waals surface area contributed by atoms with Crippen molar-refractivity contribution in [2.24, 2.45) is 17.6 Å². The molecule has 2 N–H and O–H groups in total. The van der Waals surface area contributed by atoms with Gasteiger partial charge in [-0.25, -0.2) is 0 Å². The summed E-state index contributed by atoms with van der Waals surface area (Å²) in [5, 5.41) is 0. The van der Waals surface area contributed by atoms with Crippen molar-refractivity contribution in [3.8, 4) is 5.75 Å². The molecule has 2 aliphatic rings. The molecule has 1 aromatic rings. The van der Waals surface area contributed by atoms with Crippen molar-refractivity contribution in [1.29, 1.82) is 0 Å². The molecule has 0 unspecified atom stereocenters. The number of hydrogen-bond acceptors (Lipinski definition) is 3. The molecule has 1 aliphatic carbocycles. The number of likely N-dealkylation sites (tertiary alicyclic amines) is 1. The molecule has 1 saturated heterocycles. The van der Waals surface area contributed by atoms with Crippen LogP contribution in [-0.4, -0.2) is 30.5 Å². The van der Waals surface area contributed by atoms with Crippen molar-refractivity contribution < 1.29 is 9.53 Å². The number of carbonyl (C=O) groups is 1. The molecule has 0 bridgehead atoms. The summed E-state index contributed by atoms with van der Waals surface area (Å²) in [5.74, 6) is 2.09. The van der Waals surface area contributed by atoms with Gasteiger partial charge in [0.1, 0.15) is 5.75 Å². The lowest BCUT2D eigenvalue weighted by Crippen LogP contribution is -2.44. The van der Waals surface area contributed by atoms with E-state index in [2.05, 4.69) is 11.5 Å². The Morgan fingerprint density at radius 3 is 2.62 bits per heavy atom. The number of benzene rings is 1. The average Bonchev–Trinajstić information content (AvgIpc) is 2.59. The Morgan fingerprint density at radius 1 is 1.31 bits per heavy atom. The number of nitrogens with two attached hydrogens (primary N) is 1. The van der Waals surface area contributed by atoms with Crippen molar-refractivity contribution in [3.05, 3.63) is 48.1 Å². The van der Waals surface area contributed by atoms with Crippen molar-refractivity contribution in [2.75, 3.05) is 19.7 Å². The number of rotatable bonds is 6. The number of allylic oxidation sites excluding steroid dienone is 2. The van der Waals surface area contributed by atoms with E-state index in [0.29, 0.717) is 30.0 Å². The standard InChI is InChI=1S/C22H30N2O2/c1-3-5-21(23)20-9-8-19(14-16(20)2)26-15-17-10-12-24(13-11-17)22(25)18-6-4-7-18/h3,5,8-9,14,17-18H,1,4,6-7,10-13,15,23H2,2H3/b21-5-. The second-order valence-electron chi connectivity index (χ2n) is 7.54. The van der Waals surface area contributed by atoms with E-state index in [9.17, 15) is 4.79 Å². The van der Waals surface area contributed by atoms with Crippen molar-refractivity contribution in [1.82, 2.24) is 4.90 Å². The zero-order chi connectivity index (χ0) is 18.5. The Kier molecular flexibility index (Phi) is 6.02. The lowest BCUT2D eigenvalue weighted by atomic mass is 9.83. The molecule has 1 amide bonds. The first-order chi connectivity index (χ1) is 12.6. The van der Waals surface area contributed by atoms with E-state index >= 15 is 0 Å². The van der Waals surface area contributed by atoms with E-state index in [-0.39, 0.29) is 0 Å². The highest BCUT2D eigenvalue weighted by atomic mass is 16.5. The van der Waals surface area contributed by atoms with E-state index in [4.69, 9.17) is 10.5 Å². The quantitative estimate of drug-likeness (QED) is 0.788. The molecule has 2 fully saturated rings. The summed E-state index contributed by atoms with van der Waals surface area (Å²) >= 11 is 0. The van der Waals surface area contributed by atoms with Gasteiger partial charge in [-0.05, 0) is 68.4 Å². The molecule has 0 atom stereocenters. The molecule has 4 heteroatoms. The maximum Gasteiger partial charge on any atom is 0.225 e. The predicted octanol–water partition coefficient (Wildman–Crippen LogP) is 3.90. The monoisotopic (exact) mass is 354 g/mol. The third-order valence-electron chi connectivity index (χ3n) is 5.67. The van der Waals surface area contributed by atoms with Gasteiger partial charge in [-0.2, -0.15) is 0 Å². The second kappa shape index (κ2) is 8.43. The van der Waals surface area contributed by atoms with E-state index in [0.717, 1.165) is 55.6 Å². The van der Waals surface area contributed by atoms with E-state index in [1.807, 2.05) is 31.2 Å². The van der Waals surface area contributed by atoms with Crippen molar-refractivity contribution >= 4 is 11.6 Å². The van der Waals surface area contributed by atoms with Gasteiger partial charge in [-0.3, -0.25) is 4.79 Å².